The fourth-order valence-corrected chi connectivity index (χ4v) is 0.418. The molecular weight excluding hydrogens is 116 g/mol. The highest BCUT2D eigenvalue weighted by atomic mass is 16.3. The molecule has 0 saturated carbocycles. The van der Waals surface area contributed by atoms with Crippen LogP contribution in [0.5, 0.6) is 0 Å². The van der Waals surface area contributed by atoms with Gasteiger partial charge in [-0.15, -0.1) is 0 Å². The lowest BCUT2D eigenvalue weighted by Crippen LogP contribution is -2.16. The van der Waals surface area contributed by atoms with Crippen LogP contribution >= 0.6 is 0 Å². The Kier molecular flexibility index (Phi) is 3.97. The van der Waals surface area contributed by atoms with Crippen molar-refractivity contribution in [3.63, 3.8) is 0 Å². The zero-order chi connectivity index (χ0) is 7.28. The van der Waals surface area contributed by atoms with Gasteiger partial charge in [0.05, 0.1) is 0 Å². The maximum absolute atomic E-state index is 10.6. The minimum Gasteiger partial charge on any atom is -0.385 e. The number of ketones is 1. The minimum atomic E-state index is -0.916. The Morgan fingerprint density at radius 1 is 1.89 bits per heavy atom. The van der Waals surface area contributed by atoms with Crippen LogP contribution in [0, 0.1) is 6.92 Å². The molecule has 2 heteroatoms. The zero-order valence-corrected chi connectivity index (χ0v) is 5.50. The monoisotopic (exact) mass is 127 g/mol. The van der Waals surface area contributed by atoms with E-state index in [0.717, 1.165) is 0 Å². The van der Waals surface area contributed by atoms with E-state index in [1.807, 2.05) is 0 Å². The van der Waals surface area contributed by atoms with Crippen molar-refractivity contribution in [2.45, 2.75) is 19.4 Å². The topological polar surface area (TPSA) is 37.3 Å². The molecule has 0 fully saturated rings. The second-order valence-electron chi connectivity index (χ2n) is 1.71. The quantitative estimate of drug-likeness (QED) is 0.567. The van der Waals surface area contributed by atoms with Gasteiger partial charge in [0.1, 0.15) is 6.10 Å². The lowest BCUT2D eigenvalue weighted by atomic mass is 10.2. The third-order valence-corrected chi connectivity index (χ3v) is 0.933. The molecule has 2 nitrogen and oxygen atoms in total. The van der Waals surface area contributed by atoms with Crippen LogP contribution in [0.2, 0.25) is 0 Å². The van der Waals surface area contributed by atoms with Crippen LogP contribution in [0.15, 0.2) is 12.2 Å². The fourth-order valence-electron chi connectivity index (χ4n) is 0.418. The van der Waals surface area contributed by atoms with Crippen molar-refractivity contribution in [1.29, 1.82) is 0 Å². The van der Waals surface area contributed by atoms with E-state index in [1.54, 1.807) is 13.0 Å². The van der Waals surface area contributed by atoms with E-state index in [1.165, 1.54) is 6.08 Å². The minimum absolute atomic E-state index is 0.239. The predicted molar refractivity (Wildman–Crippen MR) is 35.8 cm³/mol. The van der Waals surface area contributed by atoms with Gasteiger partial charge in [-0.1, -0.05) is 13.0 Å². The van der Waals surface area contributed by atoms with Gasteiger partial charge in [0.25, 0.3) is 0 Å². The number of hydrogen-bond acceptors (Lipinski definition) is 2. The first-order valence-corrected chi connectivity index (χ1v) is 2.86. The molecule has 0 amide bonds. The van der Waals surface area contributed by atoms with Gasteiger partial charge in [-0.05, 0) is 19.4 Å². The van der Waals surface area contributed by atoms with E-state index >= 15 is 0 Å². The molecule has 0 spiro atoms. The summed E-state index contributed by atoms with van der Waals surface area (Å²) in [6, 6.07) is 0. The molecule has 1 unspecified atom stereocenters. The average molecular weight is 127 g/mol. The van der Waals surface area contributed by atoms with E-state index in [-0.39, 0.29) is 12.2 Å². The highest BCUT2D eigenvalue weighted by Gasteiger charge is 2.06. The Labute approximate surface area is 55.2 Å². The number of aliphatic hydroxyl groups excluding tert-OH is 1. The smallest absolute Gasteiger partial charge is 0.183 e. The van der Waals surface area contributed by atoms with Crippen molar-refractivity contribution < 1.29 is 9.90 Å². The third-order valence-electron chi connectivity index (χ3n) is 0.933. The molecule has 1 atom stereocenters. The number of rotatable bonds is 3. The van der Waals surface area contributed by atoms with Gasteiger partial charge in [0, 0.05) is 0 Å². The van der Waals surface area contributed by atoms with Crippen LogP contribution in [-0.4, -0.2) is 17.0 Å². The van der Waals surface area contributed by atoms with E-state index < -0.39 is 6.10 Å². The van der Waals surface area contributed by atoms with Crippen LogP contribution in [0.3, 0.4) is 0 Å². The Hall–Kier alpha value is -0.630. The largest absolute Gasteiger partial charge is 0.385 e. The highest BCUT2D eigenvalue weighted by Crippen LogP contribution is 1.91. The van der Waals surface area contributed by atoms with Crippen LogP contribution in [0.25, 0.3) is 0 Å². The Morgan fingerprint density at radius 3 is 2.78 bits per heavy atom. The molecule has 51 valence electrons. The third kappa shape index (κ3) is 3.03. The number of hydrogen-bond donors (Lipinski definition) is 1. The number of carbonyl (C=O) groups excluding carboxylic acids is 1. The first kappa shape index (κ1) is 8.37. The highest BCUT2D eigenvalue weighted by molar-refractivity contribution is 5.93. The Morgan fingerprint density at radius 2 is 2.44 bits per heavy atom. The summed E-state index contributed by atoms with van der Waals surface area (Å²) in [6.07, 6.45) is 2.27. The van der Waals surface area contributed by atoms with Crippen LogP contribution in [0.1, 0.15) is 13.3 Å². The Bertz CT molecular complexity index is 116. The molecule has 0 aliphatic heterocycles. The van der Waals surface area contributed by atoms with Crippen LogP contribution in [-0.2, 0) is 4.79 Å². The fraction of sp³-hybridized carbons (Fsp3) is 0.429. The van der Waals surface area contributed by atoms with Crippen molar-refractivity contribution in [1.82, 2.24) is 0 Å². The zero-order valence-electron chi connectivity index (χ0n) is 5.50. The van der Waals surface area contributed by atoms with E-state index in [2.05, 4.69) is 6.92 Å². The number of carbonyl (C=O) groups is 1. The molecule has 0 aromatic carbocycles. The molecule has 9 heavy (non-hydrogen) atoms. The summed E-state index contributed by atoms with van der Waals surface area (Å²) >= 11 is 0. The summed E-state index contributed by atoms with van der Waals surface area (Å²) in [5, 5.41) is 8.79. The molecule has 0 aliphatic rings. The molecule has 1 N–H and O–H groups in total. The van der Waals surface area contributed by atoms with Gasteiger partial charge in [0.2, 0.25) is 0 Å². The van der Waals surface area contributed by atoms with Gasteiger partial charge in [-0.25, -0.2) is 0 Å². The van der Waals surface area contributed by atoms with E-state index in [9.17, 15) is 4.79 Å². The molecule has 0 aliphatic carbocycles. The lowest BCUT2D eigenvalue weighted by molar-refractivity contribution is -0.122. The molecule has 0 heterocycles. The number of aliphatic hydroxyl groups is 1. The van der Waals surface area contributed by atoms with E-state index in [4.69, 9.17) is 5.11 Å². The maximum Gasteiger partial charge on any atom is 0.183 e. The summed E-state index contributed by atoms with van der Waals surface area (Å²) < 4.78 is 0. The average Bonchev–Trinajstić information content (AvgIpc) is 1.87. The summed E-state index contributed by atoms with van der Waals surface area (Å²) in [5.41, 5.74) is 0. The van der Waals surface area contributed by atoms with Crippen molar-refractivity contribution in [2.75, 3.05) is 0 Å². The maximum atomic E-state index is 10.6. The molecule has 1 radical (unpaired) electrons. The second-order valence-corrected chi connectivity index (χ2v) is 1.71. The van der Waals surface area contributed by atoms with Crippen molar-refractivity contribution in [2.24, 2.45) is 0 Å². The van der Waals surface area contributed by atoms with Gasteiger partial charge < -0.3 is 5.11 Å². The number of allylic oxidation sites excluding steroid dienone is 1. The molecule has 0 saturated heterocycles. The first-order valence-electron chi connectivity index (χ1n) is 2.86. The summed E-state index contributed by atoms with van der Waals surface area (Å²) in [7, 11) is 0. The first-order chi connectivity index (χ1) is 4.22. The standard InChI is InChI=1S/C7H11O2/c1-3-5-7(9)6(8)4-2/h3,5-6,8H,2,4H2,1H3. The second kappa shape index (κ2) is 4.27. The SMILES string of the molecule is [CH2]CC(O)C(=O)C=CC. The van der Waals surface area contributed by atoms with E-state index in [0.29, 0.717) is 0 Å². The predicted octanol–water partition coefficient (Wildman–Crippen LogP) is 0.717. The Balaban J connectivity index is 3.73. The van der Waals surface area contributed by atoms with Gasteiger partial charge in [0.15, 0.2) is 5.78 Å². The molecule has 0 aromatic rings. The normalized spacial score (nSPS) is 14.1. The van der Waals surface area contributed by atoms with Crippen LogP contribution in [0.4, 0.5) is 0 Å². The summed E-state index contributed by atoms with van der Waals surface area (Å²) in [4.78, 5) is 10.6. The van der Waals surface area contributed by atoms with Gasteiger partial charge in [-0.3, -0.25) is 4.79 Å². The van der Waals surface area contributed by atoms with Crippen molar-refractivity contribution in [3.05, 3.63) is 19.1 Å². The van der Waals surface area contributed by atoms with Crippen LogP contribution < -0.4 is 0 Å². The van der Waals surface area contributed by atoms with Gasteiger partial charge in [-0.2, -0.15) is 0 Å². The molecule has 0 bridgehead atoms. The van der Waals surface area contributed by atoms with Gasteiger partial charge >= 0.3 is 0 Å². The molecule has 0 aromatic heterocycles. The molecule has 0 rings (SSSR count). The summed E-state index contributed by atoms with van der Waals surface area (Å²) in [5.74, 6) is -0.271. The molecular formula is C7H11O2. The van der Waals surface area contributed by atoms with Crippen molar-refractivity contribution in [3.8, 4) is 0 Å². The van der Waals surface area contributed by atoms with Crippen molar-refractivity contribution >= 4 is 5.78 Å². The summed E-state index contributed by atoms with van der Waals surface area (Å²) in [6.45, 7) is 5.11. The lowest BCUT2D eigenvalue weighted by Gasteiger charge is -1.99.